The fourth-order valence-electron chi connectivity index (χ4n) is 3.37. The predicted octanol–water partition coefficient (Wildman–Crippen LogP) is 3.18. The number of esters is 1. The number of carbonyl (C=O) groups excluding carboxylic acids is 2. The average molecular weight is 326 g/mol. The number of hydrogen-bond acceptors (Lipinski definition) is 4. The summed E-state index contributed by atoms with van der Waals surface area (Å²) in [6.07, 6.45) is 3.12. The molecule has 2 aromatic rings. The fourth-order valence-corrected chi connectivity index (χ4v) is 3.37. The SMILES string of the molecule is C[C@@H]1CCC[C@H](C)N1C(=O)COC(=O)c1ccc2ccccc2n1. The van der Waals surface area contributed by atoms with Crippen LogP contribution in [0.15, 0.2) is 36.4 Å². The number of carbonyl (C=O) groups is 2. The third-order valence-electron chi connectivity index (χ3n) is 4.62. The van der Waals surface area contributed by atoms with Gasteiger partial charge in [-0.05, 0) is 45.2 Å². The van der Waals surface area contributed by atoms with Crippen molar-refractivity contribution in [2.45, 2.75) is 45.2 Å². The van der Waals surface area contributed by atoms with E-state index in [0.29, 0.717) is 0 Å². The number of rotatable bonds is 3. The molecular weight excluding hydrogens is 304 g/mol. The van der Waals surface area contributed by atoms with Gasteiger partial charge < -0.3 is 9.64 Å². The van der Waals surface area contributed by atoms with Gasteiger partial charge in [0.1, 0.15) is 5.69 Å². The topological polar surface area (TPSA) is 59.5 Å². The summed E-state index contributed by atoms with van der Waals surface area (Å²) in [7, 11) is 0. The van der Waals surface area contributed by atoms with Crippen molar-refractivity contribution in [2.24, 2.45) is 0 Å². The lowest BCUT2D eigenvalue weighted by Gasteiger charge is -2.38. The fraction of sp³-hybridized carbons (Fsp3) is 0.421. The van der Waals surface area contributed by atoms with Crippen LogP contribution in [0, 0.1) is 0 Å². The molecule has 1 aromatic carbocycles. The highest BCUT2D eigenvalue weighted by Crippen LogP contribution is 2.22. The van der Waals surface area contributed by atoms with Gasteiger partial charge in [-0.3, -0.25) is 4.79 Å². The Morgan fingerprint density at radius 2 is 1.83 bits per heavy atom. The monoisotopic (exact) mass is 326 g/mol. The summed E-state index contributed by atoms with van der Waals surface area (Å²) in [5, 5.41) is 0.959. The molecule has 5 heteroatoms. The van der Waals surface area contributed by atoms with Crippen LogP contribution in [0.5, 0.6) is 0 Å². The number of piperidine rings is 1. The second kappa shape index (κ2) is 6.99. The Morgan fingerprint density at radius 1 is 1.12 bits per heavy atom. The van der Waals surface area contributed by atoms with E-state index in [1.807, 2.05) is 49.1 Å². The van der Waals surface area contributed by atoms with Crippen LogP contribution >= 0.6 is 0 Å². The van der Waals surface area contributed by atoms with Gasteiger partial charge in [-0.1, -0.05) is 24.3 Å². The zero-order valence-corrected chi connectivity index (χ0v) is 14.1. The van der Waals surface area contributed by atoms with Crippen LogP contribution in [0.2, 0.25) is 0 Å². The van der Waals surface area contributed by atoms with Crippen LogP contribution in [-0.4, -0.2) is 40.5 Å². The maximum atomic E-state index is 12.4. The maximum absolute atomic E-state index is 12.4. The first-order chi connectivity index (χ1) is 11.6. The summed E-state index contributed by atoms with van der Waals surface area (Å²) in [5.74, 6) is -0.699. The molecule has 1 saturated heterocycles. The molecule has 1 aromatic heterocycles. The number of para-hydroxylation sites is 1. The van der Waals surface area contributed by atoms with Crippen LogP contribution in [0.1, 0.15) is 43.6 Å². The first kappa shape index (κ1) is 16.4. The second-order valence-electron chi connectivity index (χ2n) is 6.40. The van der Waals surface area contributed by atoms with Crippen molar-refractivity contribution >= 4 is 22.8 Å². The molecule has 5 nitrogen and oxygen atoms in total. The van der Waals surface area contributed by atoms with Crippen LogP contribution in [-0.2, 0) is 9.53 Å². The lowest BCUT2D eigenvalue weighted by molar-refractivity contribution is -0.140. The Labute approximate surface area is 141 Å². The molecule has 126 valence electrons. The molecule has 1 aliphatic rings. The van der Waals surface area contributed by atoms with Gasteiger partial charge in [0, 0.05) is 17.5 Å². The van der Waals surface area contributed by atoms with E-state index in [-0.39, 0.29) is 30.3 Å². The highest BCUT2D eigenvalue weighted by molar-refractivity contribution is 5.92. The average Bonchev–Trinajstić information content (AvgIpc) is 2.59. The van der Waals surface area contributed by atoms with Gasteiger partial charge in [-0.15, -0.1) is 0 Å². The highest BCUT2D eigenvalue weighted by atomic mass is 16.5. The molecule has 1 fully saturated rings. The Hall–Kier alpha value is -2.43. The molecule has 0 spiro atoms. The summed E-state index contributed by atoms with van der Waals surface area (Å²) in [6, 6.07) is 11.4. The molecule has 0 N–H and O–H groups in total. The van der Waals surface area contributed by atoms with E-state index < -0.39 is 5.97 Å². The molecule has 3 rings (SSSR count). The molecule has 1 aliphatic heterocycles. The molecule has 0 bridgehead atoms. The summed E-state index contributed by atoms with van der Waals surface area (Å²) >= 11 is 0. The minimum atomic E-state index is -0.564. The van der Waals surface area contributed by atoms with E-state index in [1.165, 1.54) is 0 Å². The molecule has 2 atom stereocenters. The van der Waals surface area contributed by atoms with Gasteiger partial charge in [0.2, 0.25) is 0 Å². The van der Waals surface area contributed by atoms with Crippen LogP contribution < -0.4 is 0 Å². The number of pyridine rings is 1. The molecule has 0 aliphatic carbocycles. The molecule has 24 heavy (non-hydrogen) atoms. The zero-order valence-electron chi connectivity index (χ0n) is 14.1. The quantitative estimate of drug-likeness (QED) is 0.813. The largest absolute Gasteiger partial charge is 0.451 e. The zero-order chi connectivity index (χ0) is 17.1. The Kier molecular flexibility index (Phi) is 4.79. The van der Waals surface area contributed by atoms with Crippen molar-refractivity contribution < 1.29 is 14.3 Å². The van der Waals surface area contributed by atoms with Crippen molar-refractivity contribution in [3.8, 4) is 0 Å². The molecular formula is C19H22N2O3. The van der Waals surface area contributed by atoms with Gasteiger partial charge in [0.15, 0.2) is 6.61 Å². The summed E-state index contributed by atoms with van der Waals surface area (Å²) in [4.78, 5) is 30.7. The van der Waals surface area contributed by atoms with Gasteiger partial charge >= 0.3 is 5.97 Å². The molecule has 0 saturated carbocycles. The Morgan fingerprint density at radius 3 is 2.58 bits per heavy atom. The second-order valence-corrected chi connectivity index (χ2v) is 6.40. The van der Waals surface area contributed by atoms with E-state index >= 15 is 0 Å². The number of benzene rings is 1. The summed E-state index contributed by atoms with van der Waals surface area (Å²) < 4.78 is 5.20. The third-order valence-corrected chi connectivity index (χ3v) is 4.62. The maximum Gasteiger partial charge on any atom is 0.357 e. The first-order valence-electron chi connectivity index (χ1n) is 8.40. The number of aromatic nitrogens is 1. The highest BCUT2D eigenvalue weighted by Gasteiger charge is 2.29. The van der Waals surface area contributed by atoms with Crippen molar-refractivity contribution in [3.05, 3.63) is 42.1 Å². The molecule has 0 radical (unpaired) electrons. The predicted molar refractivity (Wildman–Crippen MR) is 91.6 cm³/mol. The normalized spacial score (nSPS) is 20.8. The van der Waals surface area contributed by atoms with E-state index in [9.17, 15) is 9.59 Å². The van der Waals surface area contributed by atoms with Crippen molar-refractivity contribution in [1.82, 2.24) is 9.88 Å². The van der Waals surface area contributed by atoms with Crippen LogP contribution in [0.4, 0.5) is 0 Å². The minimum absolute atomic E-state index is 0.135. The smallest absolute Gasteiger partial charge is 0.357 e. The lowest BCUT2D eigenvalue weighted by atomic mass is 9.97. The molecule has 1 amide bonds. The molecule has 2 heterocycles. The van der Waals surface area contributed by atoms with Crippen molar-refractivity contribution in [3.63, 3.8) is 0 Å². The van der Waals surface area contributed by atoms with Gasteiger partial charge in [-0.2, -0.15) is 0 Å². The number of ether oxygens (including phenoxy) is 1. The van der Waals surface area contributed by atoms with Crippen molar-refractivity contribution in [2.75, 3.05) is 6.61 Å². The van der Waals surface area contributed by atoms with E-state index in [0.717, 1.165) is 30.2 Å². The number of fused-ring (bicyclic) bond motifs is 1. The minimum Gasteiger partial charge on any atom is -0.451 e. The summed E-state index contributed by atoms with van der Waals surface area (Å²) in [5.41, 5.74) is 0.956. The van der Waals surface area contributed by atoms with E-state index in [1.54, 1.807) is 6.07 Å². The first-order valence-corrected chi connectivity index (χ1v) is 8.40. The lowest BCUT2D eigenvalue weighted by Crippen LogP contribution is -2.49. The Bertz CT molecular complexity index is 749. The van der Waals surface area contributed by atoms with Gasteiger partial charge in [0.25, 0.3) is 5.91 Å². The third kappa shape index (κ3) is 3.40. The Balaban J connectivity index is 1.64. The number of likely N-dealkylation sites (tertiary alicyclic amines) is 1. The number of hydrogen-bond donors (Lipinski definition) is 0. The van der Waals surface area contributed by atoms with Gasteiger partial charge in [0.05, 0.1) is 5.52 Å². The van der Waals surface area contributed by atoms with E-state index in [4.69, 9.17) is 4.74 Å². The summed E-state index contributed by atoms with van der Waals surface area (Å²) in [6.45, 7) is 3.85. The van der Waals surface area contributed by atoms with Crippen molar-refractivity contribution in [1.29, 1.82) is 0 Å². The van der Waals surface area contributed by atoms with Crippen LogP contribution in [0.25, 0.3) is 10.9 Å². The number of nitrogens with zero attached hydrogens (tertiary/aromatic N) is 2. The molecule has 0 unspecified atom stereocenters. The van der Waals surface area contributed by atoms with Crippen LogP contribution in [0.3, 0.4) is 0 Å². The standard InChI is InChI=1S/C19H22N2O3/c1-13-6-5-7-14(2)21(13)18(22)12-24-19(23)17-11-10-15-8-3-4-9-16(15)20-17/h3-4,8-11,13-14H,5-7,12H2,1-2H3/t13-,14+. The van der Waals surface area contributed by atoms with Gasteiger partial charge in [-0.25, -0.2) is 9.78 Å². The number of amides is 1. The van der Waals surface area contributed by atoms with E-state index in [2.05, 4.69) is 4.98 Å².